The zero-order valence-corrected chi connectivity index (χ0v) is 13.8. The first-order chi connectivity index (χ1) is 11.9. The SMILES string of the molecule is COc1ccc([C@@]2(C)NC(=O)N(N=Cc3ccc(O)cc3)C2=O)cc1. The Labute approximate surface area is 144 Å². The summed E-state index contributed by atoms with van der Waals surface area (Å²) in [6, 6.07) is 12.5. The first-order valence-electron chi connectivity index (χ1n) is 7.58. The predicted molar refractivity (Wildman–Crippen MR) is 91.4 cm³/mol. The monoisotopic (exact) mass is 339 g/mol. The number of carbonyl (C=O) groups is 2. The summed E-state index contributed by atoms with van der Waals surface area (Å²) in [5.74, 6) is 0.309. The Balaban J connectivity index is 1.84. The normalized spacial score (nSPS) is 20.2. The minimum atomic E-state index is -1.20. The molecule has 1 atom stereocenters. The van der Waals surface area contributed by atoms with Crippen molar-refractivity contribution in [3.63, 3.8) is 0 Å². The van der Waals surface area contributed by atoms with Crippen LogP contribution in [0.1, 0.15) is 18.1 Å². The number of ether oxygens (including phenoxy) is 1. The summed E-state index contributed by atoms with van der Waals surface area (Å²) in [5, 5.41) is 16.7. The maximum Gasteiger partial charge on any atom is 0.346 e. The molecule has 1 saturated heterocycles. The Morgan fingerprint density at radius 2 is 1.76 bits per heavy atom. The molecule has 3 amide bonds. The molecule has 7 nitrogen and oxygen atoms in total. The fourth-order valence-electron chi connectivity index (χ4n) is 2.53. The fraction of sp³-hybridized carbons (Fsp3) is 0.167. The largest absolute Gasteiger partial charge is 0.508 e. The van der Waals surface area contributed by atoms with Crippen LogP contribution in [-0.4, -0.2) is 35.4 Å². The number of phenols is 1. The Hall–Kier alpha value is -3.35. The number of amides is 3. The average Bonchev–Trinajstić information content (AvgIpc) is 2.84. The van der Waals surface area contributed by atoms with Crippen molar-refractivity contribution >= 4 is 18.2 Å². The molecule has 3 rings (SSSR count). The Bertz CT molecular complexity index is 830. The lowest BCUT2D eigenvalue weighted by atomic mass is 9.92. The molecule has 0 radical (unpaired) electrons. The van der Waals surface area contributed by atoms with Crippen molar-refractivity contribution in [3.05, 3.63) is 59.7 Å². The maximum atomic E-state index is 12.7. The van der Waals surface area contributed by atoms with Gasteiger partial charge in [-0.2, -0.15) is 5.10 Å². The van der Waals surface area contributed by atoms with Crippen LogP contribution in [0.15, 0.2) is 53.6 Å². The van der Waals surface area contributed by atoms with Crippen molar-refractivity contribution in [2.75, 3.05) is 7.11 Å². The van der Waals surface area contributed by atoms with Gasteiger partial charge >= 0.3 is 6.03 Å². The first kappa shape index (κ1) is 16.5. The molecule has 0 bridgehead atoms. The molecule has 2 aromatic rings. The summed E-state index contributed by atoms with van der Waals surface area (Å²) in [6.07, 6.45) is 1.39. The fourth-order valence-corrected chi connectivity index (χ4v) is 2.53. The standard InChI is InChI=1S/C18H17N3O4/c1-18(13-5-9-15(25-2)10-6-13)16(23)21(17(24)20-18)19-11-12-3-7-14(22)8-4-12/h3-11,22H,1-2H3,(H,20,24)/t18-/m1/s1. The molecule has 2 aromatic carbocycles. The summed E-state index contributed by atoms with van der Waals surface area (Å²) in [7, 11) is 1.55. The second kappa shape index (κ2) is 6.27. The first-order valence-corrected chi connectivity index (χ1v) is 7.58. The number of benzene rings is 2. The van der Waals surface area contributed by atoms with Crippen molar-refractivity contribution in [2.24, 2.45) is 5.10 Å². The van der Waals surface area contributed by atoms with Crippen LogP contribution < -0.4 is 10.1 Å². The molecule has 0 spiro atoms. The van der Waals surface area contributed by atoms with Crippen LogP contribution >= 0.6 is 0 Å². The number of hydrazone groups is 1. The van der Waals surface area contributed by atoms with Gasteiger partial charge in [-0.1, -0.05) is 12.1 Å². The van der Waals surface area contributed by atoms with Gasteiger partial charge in [0.1, 0.15) is 17.0 Å². The topological polar surface area (TPSA) is 91.2 Å². The second-order valence-corrected chi connectivity index (χ2v) is 5.74. The van der Waals surface area contributed by atoms with E-state index < -0.39 is 17.5 Å². The van der Waals surface area contributed by atoms with Gasteiger partial charge < -0.3 is 15.2 Å². The lowest BCUT2D eigenvalue weighted by Gasteiger charge is -2.21. The van der Waals surface area contributed by atoms with Crippen LogP contribution in [-0.2, 0) is 10.3 Å². The molecule has 0 saturated carbocycles. The van der Waals surface area contributed by atoms with Crippen molar-refractivity contribution in [1.29, 1.82) is 0 Å². The molecule has 25 heavy (non-hydrogen) atoms. The highest BCUT2D eigenvalue weighted by molar-refractivity contribution is 6.07. The lowest BCUT2D eigenvalue weighted by Crippen LogP contribution is -2.40. The summed E-state index contributed by atoms with van der Waals surface area (Å²) in [4.78, 5) is 24.9. The van der Waals surface area contributed by atoms with Crippen molar-refractivity contribution in [3.8, 4) is 11.5 Å². The molecular formula is C18H17N3O4. The zero-order valence-electron chi connectivity index (χ0n) is 13.8. The second-order valence-electron chi connectivity index (χ2n) is 5.74. The van der Waals surface area contributed by atoms with E-state index in [1.165, 1.54) is 18.3 Å². The van der Waals surface area contributed by atoms with Gasteiger partial charge in [0.15, 0.2) is 0 Å². The molecular weight excluding hydrogens is 322 g/mol. The third kappa shape index (κ3) is 3.03. The van der Waals surface area contributed by atoms with Gasteiger partial charge in [-0.25, -0.2) is 4.79 Å². The molecule has 0 aliphatic carbocycles. The van der Waals surface area contributed by atoms with Gasteiger partial charge in [0.05, 0.1) is 13.3 Å². The number of nitrogens with zero attached hydrogens (tertiary/aromatic N) is 2. The van der Waals surface area contributed by atoms with Gasteiger partial charge in [-0.15, -0.1) is 5.01 Å². The highest BCUT2D eigenvalue weighted by Gasteiger charge is 2.49. The Morgan fingerprint density at radius 1 is 1.12 bits per heavy atom. The Kier molecular flexibility index (Phi) is 4.14. The molecule has 0 unspecified atom stereocenters. The van der Waals surface area contributed by atoms with Gasteiger partial charge in [-0.05, 0) is 54.4 Å². The molecule has 128 valence electrons. The molecule has 1 fully saturated rings. The maximum absolute atomic E-state index is 12.7. The van der Waals surface area contributed by atoms with Crippen LogP contribution in [0.2, 0.25) is 0 Å². The highest BCUT2D eigenvalue weighted by atomic mass is 16.5. The minimum absolute atomic E-state index is 0.124. The van der Waals surface area contributed by atoms with E-state index >= 15 is 0 Å². The van der Waals surface area contributed by atoms with E-state index in [-0.39, 0.29) is 5.75 Å². The molecule has 1 aliphatic heterocycles. The lowest BCUT2D eigenvalue weighted by molar-refractivity contribution is -0.131. The van der Waals surface area contributed by atoms with Crippen LogP contribution in [0.25, 0.3) is 0 Å². The van der Waals surface area contributed by atoms with Crippen LogP contribution in [0.3, 0.4) is 0 Å². The third-order valence-corrected chi connectivity index (χ3v) is 4.05. The number of hydrogen-bond acceptors (Lipinski definition) is 5. The van der Waals surface area contributed by atoms with Crippen molar-refractivity contribution in [2.45, 2.75) is 12.5 Å². The van der Waals surface area contributed by atoms with Crippen LogP contribution in [0, 0.1) is 0 Å². The minimum Gasteiger partial charge on any atom is -0.508 e. The van der Waals surface area contributed by atoms with E-state index in [2.05, 4.69) is 10.4 Å². The number of imide groups is 1. The van der Waals surface area contributed by atoms with E-state index in [4.69, 9.17) is 4.74 Å². The molecule has 7 heteroatoms. The quantitative estimate of drug-likeness (QED) is 0.660. The van der Waals surface area contributed by atoms with E-state index in [0.717, 1.165) is 5.01 Å². The molecule has 1 aliphatic rings. The van der Waals surface area contributed by atoms with E-state index in [1.807, 2.05) is 0 Å². The van der Waals surface area contributed by atoms with Gasteiger partial charge in [-0.3, -0.25) is 4.79 Å². The molecule has 1 heterocycles. The highest BCUT2D eigenvalue weighted by Crippen LogP contribution is 2.30. The van der Waals surface area contributed by atoms with Crippen LogP contribution in [0.4, 0.5) is 4.79 Å². The summed E-state index contributed by atoms with van der Waals surface area (Å²) in [5.41, 5.74) is 0.0841. The number of urea groups is 1. The van der Waals surface area contributed by atoms with Gasteiger partial charge in [0.2, 0.25) is 0 Å². The summed E-state index contributed by atoms with van der Waals surface area (Å²) < 4.78 is 5.11. The Morgan fingerprint density at radius 3 is 2.36 bits per heavy atom. The van der Waals surface area contributed by atoms with Crippen molar-refractivity contribution < 1.29 is 19.4 Å². The van der Waals surface area contributed by atoms with Gasteiger partial charge in [0, 0.05) is 0 Å². The van der Waals surface area contributed by atoms with E-state index in [9.17, 15) is 14.7 Å². The number of methoxy groups -OCH3 is 1. The van der Waals surface area contributed by atoms with Gasteiger partial charge in [0.25, 0.3) is 5.91 Å². The summed E-state index contributed by atoms with van der Waals surface area (Å²) in [6.45, 7) is 1.63. The number of nitrogens with one attached hydrogen (secondary N) is 1. The molecule has 0 aromatic heterocycles. The average molecular weight is 339 g/mol. The summed E-state index contributed by atoms with van der Waals surface area (Å²) >= 11 is 0. The molecule has 2 N–H and O–H groups in total. The zero-order chi connectivity index (χ0) is 18.0. The number of hydrogen-bond donors (Lipinski definition) is 2. The number of rotatable bonds is 4. The number of phenolic OH excluding ortho intramolecular Hbond substituents is 1. The van der Waals surface area contributed by atoms with E-state index in [1.54, 1.807) is 50.4 Å². The third-order valence-electron chi connectivity index (χ3n) is 4.05. The van der Waals surface area contributed by atoms with Crippen LogP contribution in [0.5, 0.6) is 11.5 Å². The smallest absolute Gasteiger partial charge is 0.346 e. The number of carbonyl (C=O) groups excluding carboxylic acids is 2. The van der Waals surface area contributed by atoms with E-state index in [0.29, 0.717) is 16.9 Å². The number of aromatic hydroxyl groups is 1. The predicted octanol–water partition coefficient (Wildman–Crippen LogP) is 2.20. The van der Waals surface area contributed by atoms with Crippen molar-refractivity contribution in [1.82, 2.24) is 10.3 Å².